The van der Waals surface area contributed by atoms with Gasteiger partial charge in [-0.3, -0.25) is 4.40 Å². The van der Waals surface area contributed by atoms with Crippen molar-refractivity contribution in [3.05, 3.63) is 48.0 Å². The topological polar surface area (TPSA) is 65.1 Å². The summed E-state index contributed by atoms with van der Waals surface area (Å²) in [5.74, 6) is 1.03. The molecule has 0 aliphatic rings. The number of hydrogen-bond donors (Lipinski definition) is 2. The maximum absolute atomic E-state index is 10.0. The normalized spacial score (nSPS) is 11.6. The lowest BCUT2D eigenvalue weighted by atomic mass is 10.1. The number of fused-ring (bicyclic) bond motifs is 5. The Balaban J connectivity index is 2.05. The van der Waals surface area contributed by atoms with Gasteiger partial charge in [0, 0.05) is 24.2 Å². The van der Waals surface area contributed by atoms with Crippen LogP contribution in [-0.4, -0.2) is 22.5 Å². The monoisotopic (exact) mass is 385 g/mol. The van der Waals surface area contributed by atoms with Gasteiger partial charge in [0.05, 0.1) is 22.2 Å². The minimum atomic E-state index is 0.471. The molecule has 0 saturated heterocycles. The van der Waals surface area contributed by atoms with Gasteiger partial charge in [-0.1, -0.05) is 39.8 Å². The van der Waals surface area contributed by atoms with Gasteiger partial charge in [-0.25, -0.2) is 4.98 Å². The van der Waals surface area contributed by atoms with E-state index < -0.39 is 0 Å². The molecule has 0 atom stereocenters. The molecule has 2 aromatic carbocycles. The number of benzene rings is 2. The maximum Gasteiger partial charge on any atom is 0.158 e. The molecule has 0 spiro atoms. The van der Waals surface area contributed by atoms with E-state index in [-0.39, 0.29) is 0 Å². The highest BCUT2D eigenvalue weighted by Crippen LogP contribution is 2.35. The van der Waals surface area contributed by atoms with Crippen LogP contribution in [0.25, 0.3) is 27.6 Å². The van der Waals surface area contributed by atoms with Gasteiger partial charge < -0.3 is 10.6 Å². The summed E-state index contributed by atoms with van der Waals surface area (Å²) in [7, 11) is 0. The Labute approximate surface area is 171 Å². The average molecular weight is 386 g/mol. The third-order valence-corrected chi connectivity index (χ3v) is 5.06. The van der Waals surface area contributed by atoms with Crippen molar-refractivity contribution in [2.75, 3.05) is 23.7 Å². The predicted molar refractivity (Wildman–Crippen MR) is 122 cm³/mol. The van der Waals surface area contributed by atoms with Gasteiger partial charge in [0.2, 0.25) is 0 Å². The van der Waals surface area contributed by atoms with E-state index in [4.69, 9.17) is 4.98 Å². The molecule has 4 aromatic rings. The van der Waals surface area contributed by atoms with Crippen molar-refractivity contribution in [3.63, 3.8) is 0 Å². The number of nitrogens with one attached hydrogen (secondary N) is 2. The first-order valence-corrected chi connectivity index (χ1v) is 10.2. The Kier molecular flexibility index (Phi) is 5.02. The number of anilines is 2. The second kappa shape index (κ2) is 7.63. The van der Waals surface area contributed by atoms with Crippen LogP contribution >= 0.6 is 0 Å². The van der Waals surface area contributed by atoms with Gasteiger partial charge in [0.25, 0.3) is 0 Å². The van der Waals surface area contributed by atoms with E-state index in [1.54, 1.807) is 0 Å². The fraction of sp³-hybridized carbons (Fsp3) is 0.333. The van der Waals surface area contributed by atoms with Crippen LogP contribution in [-0.2, 0) is 0 Å². The largest absolute Gasteiger partial charge is 0.385 e. The van der Waals surface area contributed by atoms with E-state index in [0.717, 1.165) is 46.4 Å². The van der Waals surface area contributed by atoms with Crippen LogP contribution < -0.4 is 10.6 Å². The molecule has 0 fully saturated rings. The van der Waals surface area contributed by atoms with Crippen molar-refractivity contribution in [2.45, 2.75) is 27.7 Å². The Morgan fingerprint density at radius 2 is 1.69 bits per heavy atom. The molecule has 2 N–H and O–H groups in total. The highest BCUT2D eigenvalue weighted by Gasteiger charge is 2.19. The molecular weight excluding hydrogens is 358 g/mol. The van der Waals surface area contributed by atoms with Crippen LogP contribution in [0.2, 0.25) is 0 Å². The Morgan fingerprint density at radius 1 is 0.966 bits per heavy atom. The molecule has 29 heavy (non-hydrogen) atoms. The average Bonchev–Trinajstić information content (AvgIpc) is 3.09. The zero-order valence-corrected chi connectivity index (χ0v) is 17.5. The van der Waals surface area contributed by atoms with E-state index in [1.165, 1.54) is 0 Å². The molecule has 4 rings (SSSR count). The first-order valence-electron chi connectivity index (χ1n) is 10.2. The quantitative estimate of drug-likeness (QED) is 0.450. The summed E-state index contributed by atoms with van der Waals surface area (Å²) in [6.07, 6.45) is 0. The van der Waals surface area contributed by atoms with Crippen molar-refractivity contribution < 1.29 is 0 Å². The highest BCUT2D eigenvalue weighted by molar-refractivity contribution is 6.03. The van der Waals surface area contributed by atoms with Gasteiger partial charge in [0.1, 0.15) is 11.6 Å². The van der Waals surface area contributed by atoms with Gasteiger partial charge in [-0.05, 0) is 42.2 Å². The number of hydrogen-bond acceptors (Lipinski definition) is 4. The van der Waals surface area contributed by atoms with E-state index in [0.29, 0.717) is 23.0 Å². The van der Waals surface area contributed by atoms with Gasteiger partial charge in [-0.2, -0.15) is 5.26 Å². The number of nitriles is 1. The van der Waals surface area contributed by atoms with Crippen molar-refractivity contribution in [1.82, 2.24) is 9.38 Å². The number of pyridine rings is 1. The zero-order valence-electron chi connectivity index (χ0n) is 17.5. The fourth-order valence-corrected chi connectivity index (χ4v) is 3.64. The molecule has 148 valence electrons. The third kappa shape index (κ3) is 3.47. The van der Waals surface area contributed by atoms with Crippen molar-refractivity contribution >= 4 is 39.0 Å². The number of imidazole rings is 1. The van der Waals surface area contributed by atoms with E-state index >= 15 is 0 Å². The Bertz CT molecular complexity index is 1230. The maximum atomic E-state index is 10.0. The molecule has 5 nitrogen and oxygen atoms in total. The fourth-order valence-electron chi connectivity index (χ4n) is 3.64. The summed E-state index contributed by atoms with van der Waals surface area (Å²) in [4.78, 5) is 4.81. The molecule has 0 unspecified atom stereocenters. The van der Waals surface area contributed by atoms with E-state index in [2.05, 4.69) is 73.1 Å². The molecule has 0 bridgehead atoms. The molecule has 2 heterocycles. The first-order chi connectivity index (χ1) is 14.0. The zero-order chi connectivity index (χ0) is 20.5. The standard InChI is InChI=1S/C24H27N5/c1-15(2)13-26-17-9-10-18-22(11-17)29-21-8-6-5-7-20(21)28-24(29)19(12-25)23(18)27-14-16(3)4/h5-11,15-16,26-27H,13-14H2,1-4H3. The molecule has 0 aliphatic heterocycles. The smallest absolute Gasteiger partial charge is 0.158 e. The lowest BCUT2D eigenvalue weighted by Gasteiger charge is -2.17. The predicted octanol–water partition coefficient (Wildman–Crippen LogP) is 5.65. The van der Waals surface area contributed by atoms with E-state index in [9.17, 15) is 5.26 Å². The summed E-state index contributed by atoms with van der Waals surface area (Å²) in [5.41, 5.74) is 6.20. The second-order valence-corrected chi connectivity index (χ2v) is 8.40. The Morgan fingerprint density at radius 3 is 2.41 bits per heavy atom. The molecule has 0 aliphatic carbocycles. The molecule has 2 aromatic heterocycles. The summed E-state index contributed by atoms with van der Waals surface area (Å²) in [6, 6.07) is 16.8. The van der Waals surface area contributed by atoms with Gasteiger partial charge in [-0.15, -0.1) is 0 Å². The molecule has 0 saturated carbocycles. The van der Waals surface area contributed by atoms with Crippen LogP contribution in [0.15, 0.2) is 42.5 Å². The third-order valence-electron chi connectivity index (χ3n) is 5.06. The van der Waals surface area contributed by atoms with Gasteiger partial charge in [0.15, 0.2) is 5.65 Å². The van der Waals surface area contributed by atoms with Crippen molar-refractivity contribution in [2.24, 2.45) is 11.8 Å². The van der Waals surface area contributed by atoms with Crippen LogP contribution in [0.1, 0.15) is 33.3 Å². The Hall–Kier alpha value is -3.26. The number of para-hydroxylation sites is 2. The summed E-state index contributed by atoms with van der Waals surface area (Å²) < 4.78 is 2.12. The summed E-state index contributed by atoms with van der Waals surface area (Å²) in [6.45, 7) is 10.4. The number of aromatic nitrogens is 2. The summed E-state index contributed by atoms with van der Waals surface area (Å²) >= 11 is 0. The summed E-state index contributed by atoms with van der Waals surface area (Å²) in [5, 5.41) is 18.1. The minimum absolute atomic E-state index is 0.471. The second-order valence-electron chi connectivity index (χ2n) is 8.40. The lowest BCUT2D eigenvalue weighted by molar-refractivity contribution is 0.689. The van der Waals surface area contributed by atoms with Crippen LogP contribution in [0, 0.1) is 23.2 Å². The van der Waals surface area contributed by atoms with Crippen molar-refractivity contribution in [1.29, 1.82) is 5.26 Å². The van der Waals surface area contributed by atoms with Crippen LogP contribution in [0.5, 0.6) is 0 Å². The molecular formula is C24H27N5. The number of nitrogens with zero attached hydrogens (tertiary/aromatic N) is 3. The SMILES string of the molecule is CC(C)CNc1ccc2c(NCC(C)C)c(C#N)c3nc4ccccc4n3c2c1. The van der Waals surface area contributed by atoms with Gasteiger partial charge >= 0.3 is 0 Å². The van der Waals surface area contributed by atoms with E-state index in [1.807, 2.05) is 18.2 Å². The van der Waals surface area contributed by atoms with Crippen LogP contribution in [0.4, 0.5) is 11.4 Å². The lowest BCUT2D eigenvalue weighted by Crippen LogP contribution is -2.11. The van der Waals surface area contributed by atoms with Crippen LogP contribution in [0.3, 0.4) is 0 Å². The number of rotatable bonds is 6. The minimum Gasteiger partial charge on any atom is -0.385 e. The molecule has 5 heteroatoms. The molecule has 0 amide bonds. The first kappa shape index (κ1) is 19.1. The molecule has 0 radical (unpaired) electrons. The van der Waals surface area contributed by atoms with Crippen molar-refractivity contribution in [3.8, 4) is 6.07 Å². The highest BCUT2D eigenvalue weighted by atomic mass is 15.0.